The lowest BCUT2D eigenvalue weighted by Gasteiger charge is -2.09. The molecule has 90 heavy (non-hydrogen) atoms. The Morgan fingerprint density at radius 1 is 0.333 bits per heavy atom. The highest BCUT2D eigenvalue weighted by Crippen LogP contribution is 2.17. The van der Waals surface area contributed by atoms with E-state index >= 15 is 0 Å². The van der Waals surface area contributed by atoms with E-state index in [2.05, 4.69) is 148 Å². The number of aromatic carboxylic acids is 1. The standard InChI is InChI=1S/C25H23N5O.C18H19N5.C11H7Br2N3O.C6H4BrNO2.C5H5BrN2.CH4/c31-25(21-14-15-22(28-18-21)26-16-19-8-3-1-4-9-19)30-24-13-7-12-23(29-24)27-17-20-10-5-2-6-11-20;19-16-7-4-8-18(23-16)22-13-15-9-10-17(21-12-15)20-11-14-5-2-1-3-6-14;12-8-5-4-7(6-14-8)11(17)16-10-3-1-2-9(13)15-10;7-5-2-1-4(3-8-5)6(9)10;6-4-2-1-3-5(7)8-4;/h1-15,18H,16-17H2,(H,26,28)(H2,27,29,30,31);1-10,12H,11,13H2,(H,20,21)(H3,19,22,23);1-6H,(H,15,16,17);1-3H,(H,9,10);1-3H,(H2,7,8);1H4. The van der Waals surface area contributed by atoms with Crippen molar-refractivity contribution in [3.63, 3.8) is 0 Å². The van der Waals surface area contributed by atoms with Gasteiger partial charge in [0.05, 0.1) is 16.7 Å². The Bertz CT molecular complexity index is 3930. The van der Waals surface area contributed by atoms with E-state index in [9.17, 15) is 14.4 Å². The third-order valence-electron chi connectivity index (χ3n) is 11.7. The molecule has 0 atom stereocenters. The number of hydrogen-bond donors (Lipinski definition) is 9. The number of hydrogen-bond acceptors (Lipinski definition) is 17. The van der Waals surface area contributed by atoms with Crippen LogP contribution in [-0.2, 0) is 26.2 Å². The Kier molecular flexibility index (Phi) is 28.9. The van der Waals surface area contributed by atoms with Gasteiger partial charge in [-0.1, -0.05) is 129 Å². The zero-order chi connectivity index (χ0) is 63.0. The van der Waals surface area contributed by atoms with E-state index in [1.807, 2.05) is 134 Å². The number of halogens is 4. The van der Waals surface area contributed by atoms with Crippen LogP contribution >= 0.6 is 63.7 Å². The number of carbonyl (C=O) groups excluding carboxylic acids is 2. The number of carboxylic acid groups (broad SMARTS) is 1. The summed E-state index contributed by atoms with van der Waals surface area (Å²) in [5, 5.41) is 27.0. The van der Waals surface area contributed by atoms with E-state index in [1.165, 1.54) is 24.0 Å². The molecule has 11 N–H and O–H groups in total. The Balaban J connectivity index is 0.000000193. The molecule has 0 bridgehead atoms. The minimum atomic E-state index is -0.958. The normalized spacial score (nSPS) is 9.91. The molecule has 11 rings (SSSR count). The lowest BCUT2D eigenvalue weighted by atomic mass is 10.2. The van der Waals surface area contributed by atoms with Gasteiger partial charge in [-0.15, -0.1) is 0 Å². The summed E-state index contributed by atoms with van der Waals surface area (Å²) >= 11 is 12.7. The second kappa shape index (κ2) is 37.6. The van der Waals surface area contributed by atoms with Crippen molar-refractivity contribution in [3.8, 4) is 0 Å². The zero-order valence-electron chi connectivity index (χ0n) is 47.3. The highest BCUT2D eigenvalue weighted by Gasteiger charge is 2.10. The maximum atomic E-state index is 12.6. The quantitative estimate of drug-likeness (QED) is 0.0383. The first-order valence-electron chi connectivity index (χ1n) is 27.0. The maximum absolute atomic E-state index is 12.6. The first-order valence-corrected chi connectivity index (χ1v) is 30.1. The van der Waals surface area contributed by atoms with Crippen LogP contribution in [0.25, 0.3) is 0 Å². The average molecular weight is 1460 g/mol. The Hall–Kier alpha value is -10.0. The molecule has 24 heteroatoms. The molecule has 458 valence electrons. The topological polar surface area (TPSA) is 299 Å². The first-order chi connectivity index (χ1) is 43.2. The minimum Gasteiger partial charge on any atom is -0.478 e. The van der Waals surface area contributed by atoms with Gasteiger partial charge in [-0.3, -0.25) is 9.59 Å². The number of pyridine rings is 8. The first kappa shape index (κ1) is 69.1. The van der Waals surface area contributed by atoms with Gasteiger partial charge >= 0.3 is 5.97 Å². The van der Waals surface area contributed by atoms with Crippen LogP contribution in [0.1, 0.15) is 60.8 Å². The fraction of sp³-hybridized carbons (Fsp3) is 0.0758. The molecule has 8 aromatic heterocycles. The second-order valence-electron chi connectivity index (χ2n) is 18.4. The Labute approximate surface area is 554 Å². The van der Waals surface area contributed by atoms with Gasteiger partial charge in [-0.25, -0.2) is 44.7 Å². The van der Waals surface area contributed by atoms with Crippen molar-refractivity contribution in [1.29, 1.82) is 0 Å². The summed E-state index contributed by atoms with van der Waals surface area (Å²) in [6.45, 7) is 2.75. The van der Waals surface area contributed by atoms with Gasteiger partial charge in [0.15, 0.2) is 0 Å². The van der Waals surface area contributed by atoms with Gasteiger partial charge in [0.25, 0.3) is 11.8 Å². The molecule has 0 saturated carbocycles. The van der Waals surface area contributed by atoms with Crippen molar-refractivity contribution in [3.05, 3.63) is 294 Å². The molecule has 8 heterocycles. The molecule has 0 spiro atoms. The Morgan fingerprint density at radius 3 is 1.12 bits per heavy atom. The third-order valence-corrected chi connectivity index (χ3v) is 13.5. The van der Waals surface area contributed by atoms with Crippen molar-refractivity contribution < 1.29 is 19.5 Å². The molecule has 20 nitrogen and oxygen atoms in total. The van der Waals surface area contributed by atoms with Crippen LogP contribution in [0.3, 0.4) is 0 Å². The number of nitrogens with one attached hydrogen (secondary N) is 6. The van der Waals surface area contributed by atoms with E-state index < -0.39 is 5.97 Å². The van der Waals surface area contributed by atoms with Crippen molar-refractivity contribution in [2.24, 2.45) is 0 Å². The van der Waals surface area contributed by atoms with Crippen LogP contribution in [0.5, 0.6) is 0 Å². The monoisotopic (exact) mass is 1460 g/mol. The minimum absolute atomic E-state index is 0. The SMILES string of the molecule is C.Nc1cccc(Br)n1.Nc1cccc(NCc2ccc(NCc3ccccc3)nc2)n1.O=C(Nc1cccc(Br)n1)c1ccc(Br)nc1.O=C(Nc1cccc(NCc2ccccc2)n1)c1ccc(NCc2ccccc2)nc1.O=C(O)c1ccc(Br)nc1. The molecule has 3 aromatic carbocycles. The number of aromatic nitrogens is 8. The molecular formula is C66H62Br4N16O4. The lowest BCUT2D eigenvalue weighted by molar-refractivity contribution is 0.0695. The van der Waals surface area contributed by atoms with Gasteiger partial charge in [0.2, 0.25) is 0 Å². The third kappa shape index (κ3) is 25.7. The highest BCUT2D eigenvalue weighted by atomic mass is 79.9. The summed E-state index contributed by atoms with van der Waals surface area (Å²) in [5.74, 6) is 3.60. The van der Waals surface area contributed by atoms with Gasteiger partial charge in [0.1, 0.15) is 65.0 Å². The van der Waals surface area contributed by atoms with Crippen molar-refractivity contribution >= 4 is 128 Å². The van der Waals surface area contributed by atoms with E-state index in [1.54, 1.807) is 72.9 Å². The second-order valence-corrected chi connectivity index (χ2v) is 21.6. The number of amides is 2. The fourth-order valence-electron chi connectivity index (χ4n) is 7.27. The van der Waals surface area contributed by atoms with E-state index in [-0.39, 0.29) is 24.8 Å². The average Bonchev–Trinajstić information content (AvgIpc) is 3.75. The van der Waals surface area contributed by atoms with Crippen molar-refractivity contribution in [1.82, 2.24) is 39.9 Å². The summed E-state index contributed by atoms with van der Waals surface area (Å²) in [4.78, 5) is 67.8. The molecule has 2 amide bonds. The van der Waals surface area contributed by atoms with Crippen molar-refractivity contribution in [2.45, 2.75) is 33.6 Å². The number of benzene rings is 3. The molecule has 0 radical (unpaired) electrons. The van der Waals surface area contributed by atoms with Crippen LogP contribution in [0.15, 0.2) is 256 Å². The maximum Gasteiger partial charge on any atom is 0.337 e. The van der Waals surface area contributed by atoms with Crippen LogP contribution in [0, 0.1) is 0 Å². The van der Waals surface area contributed by atoms with E-state index in [4.69, 9.17) is 16.6 Å². The molecule has 11 aromatic rings. The number of carboxylic acids is 1. The summed E-state index contributed by atoms with van der Waals surface area (Å²) in [5.41, 5.74) is 16.8. The van der Waals surface area contributed by atoms with Gasteiger partial charge in [-0.05, 0) is 177 Å². The molecular weight excluding hydrogens is 1400 g/mol. The zero-order valence-corrected chi connectivity index (χ0v) is 53.6. The van der Waals surface area contributed by atoms with E-state index in [0.29, 0.717) is 79.5 Å². The molecule has 0 fully saturated rings. The number of nitrogens with zero attached hydrogens (tertiary/aromatic N) is 8. The molecule has 0 unspecified atom stereocenters. The van der Waals surface area contributed by atoms with Crippen molar-refractivity contribution in [2.75, 3.05) is 43.4 Å². The summed E-state index contributed by atoms with van der Waals surface area (Å²) < 4.78 is 2.77. The van der Waals surface area contributed by atoms with Gasteiger partial charge in [-0.2, -0.15) is 0 Å². The largest absolute Gasteiger partial charge is 0.478 e. The predicted octanol–water partition coefficient (Wildman–Crippen LogP) is 15.1. The molecule has 0 saturated heterocycles. The number of carbonyl (C=O) groups is 3. The number of rotatable bonds is 17. The molecule has 0 aliphatic rings. The predicted molar refractivity (Wildman–Crippen MR) is 372 cm³/mol. The van der Waals surface area contributed by atoms with Crippen LogP contribution in [-0.4, -0.2) is 62.8 Å². The van der Waals surface area contributed by atoms with Crippen LogP contribution in [0.2, 0.25) is 0 Å². The lowest BCUT2D eigenvalue weighted by Crippen LogP contribution is -2.14. The highest BCUT2D eigenvalue weighted by molar-refractivity contribution is 9.11. The Morgan fingerprint density at radius 2 is 0.711 bits per heavy atom. The van der Waals surface area contributed by atoms with Crippen LogP contribution in [0.4, 0.5) is 46.5 Å². The summed E-state index contributed by atoms with van der Waals surface area (Å²) in [6.07, 6.45) is 6.20. The van der Waals surface area contributed by atoms with Gasteiger partial charge in [0, 0.05) is 51.0 Å². The fourth-order valence-corrected chi connectivity index (χ4v) is 8.44. The van der Waals surface area contributed by atoms with Crippen LogP contribution < -0.4 is 43.4 Å². The van der Waals surface area contributed by atoms with E-state index in [0.717, 1.165) is 39.5 Å². The number of nitrogen functional groups attached to an aromatic ring is 2. The molecule has 0 aliphatic heterocycles. The number of nitrogens with two attached hydrogens (primary N) is 2. The number of anilines is 8. The molecule has 0 aliphatic carbocycles. The smallest absolute Gasteiger partial charge is 0.337 e. The summed E-state index contributed by atoms with van der Waals surface area (Å²) in [7, 11) is 0. The van der Waals surface area contributed by atoms with Gasteiger partial charge < -0.3 is 48.5 Å². The summed E-state index contributed by atoms with van der Waals surface area (Å²) in [6, 6.07) is 66.1.